The van der Waals surface area contributed by atoms with Gasteiger partial charge in [0.2, 0.25) is 0 Å². The standard InChI is InChI=1S/C18H23N/c19-13-4-3-10-18(11-5-12-18)17-9-8-15-6-1-2-7-16(15)14-17/h1-2,6-9,14H,3-5,10-13,19H2. The molecule has 1 nitrogen and oxygen atoms in total. The minimum atomic E-state index is 0.458. The van der Waals surface area contributed by atoms with Gasteiger partial charge in [0.05, 0.1) is 0 Å². The van der Waals surface area contributed by atoms with Gasteiger partial charge in [-0.05, 0) is 54.0 Å². The molecule has 0 heterocycles. The summed E-state index contributed by atoms with van der Waals surface area (Å²) in [5, 5.41) is 2.73. The van der Waals surface area contributed by atoms with Gasteiger partial charge >= 0.3 is 0 Å². The molecule has 0 spiro atoms. The van der Waals surface area contributed by atoms with Gasteiger partial charge in [0.1, 0.15) is 0 Å². The van der Waals surface area contributed by atoms with Gasteiger partial charge < -0.3 is 5.73 Å². The number of nitrogens with two attached hydrogens (primary N) is 1. The summed E-state index contributed by atoms with van der Waals surface area (Å²) in [5.41, 5.74) is 7.64. The number of benzene rings is 2. The smallest absolute Gasteiger partial charge is 0.00467 e. The summed E-state index contributed by atoms with van der Waals surface area (Å²) >= 11 is 0. The van der Waals surface area contributed by atoms with E-state index in [2.05, 4.69) is 42.5 Å². The van der Waals surface area contributed by atoms with Crippen LogP contribution in [0.1, 0.15) is 44.1 Å². The van der Waals surface area contributed by atoms with Gasteiger partial charge in [-0.3, -0.25) is 0 Å². The molecule has 2 aromatic rings. The van der Waals surface area contributed by atoms with Crippen molar-refractivity contribution in [3.8, 4) is 0 Å². The molecule has 0 atom stereocenters. The van der Waals surface area contributed by atoms with Crippen LogP contribution in [0.5, 0.6) is 0 Å². The van der Waals surface area contributed by atoms with Crippen LogP contribution in [0.15, 0.2) is 42.5 Å². The third-order valence-electron chi connectivity index (χ3n) is 4.78. The molecule has 1 aliphatic rings. The third kappa shape index (κ3) is 2.40. The first-order chi connectivity index (χ1) is 9.34. The Labute approximate surface area is 115 Å². The highest BCUT2D eigenvalue weighted by Gasteiger charge is 2.37. The predicted molar refractivity (Wildman–Crippen MR) is 82.4 cm³/mol. The second kappa shape index (κ2) is 5.34. The van der Waals surface area contributed by atoms with E-state index >= 15 is 0 Å². The Hall–Kier alpha value is -1.34. The fraction of sp³-hybridized carbons (Fsp3) is 0.444. The fourth-order valence-corrected chi connectivity index (χ4v) is 3.41. The zero-order valence-electron chi connectivity index (χ0n) is 11.6. The first-order valence-corrected chi connectivity index (χ1v) is 7.53. The Morgan fingerprint density at radius 2 is 1.74 bits per heavy atom. The average molecular weight is 253 g/mol. The van der Waals surface area contributed by atoms with E-state index in [4.69, 9.17) is 5.73 Å². The zero-order valence-corrected chi connectivity index (χ0v) is 11.6. The van der Waals surface area contributed by atoms with Crippen molar-refractivity contribution in [1.82, 2.24) is 0 Å². The monoisotopic (exact) mass is 253 g/mol. The summed E-state index contributed by atoms with van der Waals surface area (Å²) in [6.45, 7) is 0.827. The van der Waals surface area contributed by atoms with Crippen LogP contribution in [0.2, 0.25) is 0 Å². The van der Waals surface area contributed by atoms with Gasteiger partial charge in [-0.1, -0.05) is 55.3 Å². The molecule has 2 N–H and O–H groups in total. The van der Waals surface area contributed by atoms with Crippen LogP contribution in [0.4, 0.5) is 0 Å². The molecule has 0 aromatic heterocycles. The van der Waals surface area contributed by atoms with E-state index in [1.54, 1.807) is 5.56 Å². The largest absolute Gasteiger partial charge is 0.330 e. The van der Waals surface area contributed by atoms with Crippen molar-refractivity contribution in [2.24, 2.45) is 5.73 Å². The zero-order chi connectivity index (χ0) is 13.1. The van der Waals surface area contributed by atoms with Gasteiger partial charge in [0, 0.05) is 0 Å². The van der Waals surface area contributed by atoms with E-state index in [1.807, 2.05) is 0 Å². The highest BCUT2D eigenvalue weighted by molar-refractivity contribution is 5.83. The maximum absolute atomic E-state index is 5.63. The number of fused-ring (bicyclic) bond motifs is 1. The average Bonchev–Trinajstić information content (AvgIpc) is 2.41. The van der Waals surface area contributed by atoms with Gasteiger partial charge in [-0.2, -0.15) is 0 Å². The Balaban J connectivity index is 1.88. The van der Waals surface area contributed by atoms with Crippen LogP contribution in [-0.2, 0) is 5.41 Å². The molecule has 0 radical (unpaired) electrons. The highest BCUT2D eigenvalue weighted by atomic mass is 14.5. The van der Waals surface area contributed by atoms with E-state index in [0.29, 0.717) is 5.41 Å². The highest BCUT2D eigenvalue weighted by Crippen LogP contribution is 2.47. The summed E-state index contributed by atoms with van der Waals surface area (Å²) < 4.78 is 0. The van der Waals surface area contributed by atoms with Crippen LogP contribution in [0.3, 0.4) is 0 Å². The van der Waals surface area contributed by atoms with Gasteiger partial charge in [0.25, 0.3) is 0 Å². The van der Waals surface area contributed by atoms with E-state index < -0.39 is 0 Å². The molecule has 1 aliphatic carbocycles. The Morgan fingerprint density at radius 3 is 2.42 bits per heavy atom. The number of rotatable bonds is 5. The van der Waals surface area contributed by atoms with Gasteiger partial charge in [0.15, 0.2) is 0 Å². The maximum atomic E-state index is 5.63. The summed E-state index contributed by atoms with van der Waals surface area (Å²) in [5.74, 6) is 0. The third-order valence-corrected chi connectivity index (χ3v) is 4.78. The molecule has 0 bridgehead atoms. The molecule has 19 heavy (non-hydrogen) atoms. The number of hydrogen-bond acceptors (Lipinski definition) is 1. The lowest BCUT2D eigenvalue weighted by Gasteiger charge is -2.43. The number of unbranched alkanes of at least 4 members (excludes halogenated alkanes) is 1. The summed E-state index contributed by atoms with van der Waals surface area (Å²) in [6.07, 6.45) is 7.84. The molecule has 0 amide bonds. The molecule has 0 unspecified atom stereocenters. The molecule has 1 saturated carbocycles. The Kier molecular flexibility index (Phi) is 3.56. The van der Waals surface area contributed by atoms with Crippen molar-refractivity contribution < 1.29 is 0 Å². The van der Waals surface area contributed by atoms with Crippen molar-refractivity contribution >= 4 is 10.8 Å². The molecular formula is C18H23N. The Bertz CT molecular complexity index is 554. The first kappa shape index (κ1) is 12.7. The van der Waals surface area contributed by atoms with Gasteiger partial charge in [-0.25, -0.2) is 0 Å². The molecule has 0 saturated heterocycles. The molecule has 0 aliphatic heterocycles. The van der Waals surface area contributed by atoms with Gasteiger partial charge in [-0.15, -0.1) is 0 Å². The summed E-state index contributed by atoms with van der Waals surface area (Å²) in [7, 11) is 0. The SMILES string of the molecule is NCCCCC1(c2ccc3ccccc3c2)CCC1. The van der Waals surface area contributed by atoms with Crippen LogP contribution in [0, 0.1) is 0 Å². The van der Waals surface area contributed by atoms with E-state index in [9.17, 15) is 0 Å². The van der Waals surface area contributed by atoms with Crippen LogP contribution >= 0.6 is 0 Å². The predicted octanol–water partition coefficient (Wildman–Crippen LogP) is 4.39. The fourth-order valence-electron chi connectivity index (χ4n) is 3.41. The lowest BCUT2D eigenvalue weighted by atomic mass is 9.62. The molecule has 100 valence electrons. The van der Waals surface area contributed by atoms with Crippen LogP contribution in [0.25, 0.3) is 10.8 Å². The molecule has 2 aromatic carbocycles. The minimum Gasteiger partial charge on any atom is -0.330 e. The van der Waals surface area contributed by atoms with Crippen molar-refractivity contribution in [3.63, 3.8) is 0 Å². The van der Waals surface area contributed by atoms with Crippen molar-refractivity contribution in [2.45, 2.75) is 43.9 Å². The van der Waals surface area contributed by atoms with E-state index in [0.717, 1.165) is 13.0 Å². The second-order valence-electron chi connectivity index (χ2n) is 5.94. The van der Waals surface area contributed by atoms with Crippen LogP contribution in [-0.4, -0.2) is 6.54 Å². The van der Waals surface area contributed by atoms with Crippen molar-refractivity contribution in [2.75, 3.05) is 6.54 Å². The normalized spacial score (nSPS) is 17.3. The summed E-state index contributed by atoms with van der Waals surface area (Å²) in [6, 6.07) is 15.7. The lowest BCUT2D eigenvalue weighted by Crippen LogP contribution is -2.34. The minimum absolute atomic E-state index is 0.458. The first-order valence-electron chi connectivity index (χ1n) is 7.53. The van der Waals surface area contributed by atoms with Crippen LogP contribution < -0.4 is 5.73 Å². The molecule has 1 heteroatoms. The second-order valence-corrected chi connectivity index (χ2v) is 5.94. The van der Waals surface area contributed by atoms with Crippen molar-refractivity contribution in [3.05, 3.63) is 48.0 Å². The summed E-state index contributed by atoms with van der Waals surface area (Å²) in [4.78, 5) is 0. The Morgan fingerprint density at radius 1 is 0.947 bits per heavy atom. The van der Waals surface area contributed by atoms with Crippen molar-refractivity contribution in [1.29, 1.82) is 0 Å². The topological polar surface area (TPSA) is 26.0 Å². The molecular weight excluding hydrogens is 230 g/mol. The lowest BCUT2D eigenvalue weighted by molar-refractivity contribution is 0.220. The molecule has 3 rings (SSSR count). The van der Waals surface area contributed by atoms with E-state index in [-0.39, 0.29) is 0 Å². The quantitative estimate of drug-likeness (QED) is 0.786. The number of hydrogen-bond donors (Lipinski definition) is 1. The maximum Gasteiger partial charge on any atom is -0.00467 e. The van der Waals surface area contributed by atoms with E-state index in [1.165, 1.54) is 42.9 Å². The molecule has 1 fully saturated rings.